The highest BCUT2D eigenvalue weighted by Crippen LogP contribution is 2.30. The minimum absolute atomic E-state index is 0.297. The van der Waals surface area contributed by atoms with Gasteiger partial charge in [-0.2, -0.15) is 0 Å². The first-order chi connectivity index (χ1) is 9.29. The second-order valence-corrected chi connectivity index (χ2v) is 5.52. The van der Waals surface area contributed by atoms with Crippen LogP contribution in [0.25, 0.3) is 0 Å². The highest BCUT2D eigenvalue weighted by Gasteiger charge is 2.26. The fraction of sp³-hybridized carbons (Fsp3) is 0.600. The highest BCUT2D eigenvalue weighted by atomic mass is 16.5. The number of aliphatic carboxylic acids is 1. The molecular weight excluding hydrogens is 256 g/mol. The number of carbonyl (C=O) groups is 1. The van der Waals surface area contributed by atoms with E-state index in [-0.39, 0.29) is 0 Å². The van der Waals surface area contributed by atoms with Crippen molar-refractivity contribution in [2.75, 3.05) is 19.1 Å². The van der Waals surface area contributed by atoms with Gasteiger partial charge >= 0.3 is 5.97 Å². The second kappa shape index (κ2) is 6.59. The monoisotopic (exact) mass is 280 g/mol. The van der Waals surface area contributed by atoms with Crippen molar-refractivity contribution in [3.05, 3.63) is 17.3 Å². The van der Waals surface area contributed by atoms with Crippen LogP contribution in [0.5, 0.6) is 5.75 Å². The normalized spacial score (nSPS) is 12.3. The summed E-state index contributed by atoms with van der Waals surface area (Å²) in [7, 11) is 3.38. The van der Waals surface area contributed by atoms with Crippen LogP contribution in [-0.2, 0) is 4.79 Å². The topological polar surface area (TPSA) is 62.7 Å². The number of methoxy groups -OCH3 is 1. The van der Waals surface area contributed by atoms with Gasteiger partial charge in [-0.05, 0) is 26.2 Å². The van der Waals surface area contributed by atoms with Crippen LogP contribution in [-0.4, -0.2) is 36.3 Å². The summed E-state index contributed by atoms with van der Waals surface area (Å²) in [6.07, 6.45) is 2.29. The first-order valence-corrected chi connectivity index (χ1v) is 6.75. The Morgan fingerprint density at radius 1 is 1.45 bits per heavy atom. The lowest BCUT2D eigenvalue weighted by Gasteiger charge is -2.29. The zero-order chi connectivity index (χ0) is 15.4. The van der Waals surface area contributed by atoms with Crippen LogP contribution in [0.3, 0.4) is 0 Å². The third-order valence-corrected chi connectivity index (χ3v) is 3.40. The Morgan fingerprint density at radius 2 is 2.05 bits per heavy atom. The zero-order valence-corrected chi connectivity index (χ0v) is 13.1. The van der Waals surface area contributed by atoms with E-state index < -0.39 is 12.0 Å². The first kappa shape index (κ1) is 16.3. The van der Waals surface area contributed by atoms with Gasteiger partial charge in [0.1, 0.15) is 17.6 Å². The maximum atomic E-state index is 11.5. The Morgan fingerprint density at radius 3 is 2.50 bits per heavy atom. The van der Waals surface area contributed by atoms with E-state index in [1.165, 1.54) is 0 Å². The van der Waals surface area contributed by atoms with E-state index in [0.717, 1.165) is 16.9 Å². The molecule has 0 saturated heterocycles. The summed E-state index contributed by atoms with van der Waals surface area (Å²) in [5.74, 6) is 0.879. The third kappa shape index (κ3) is 3.40. The van der Waals surface area contributed by atoms with Crippen molar-refractivity contribution >= 4 is 11.8 Å². The van der Waals surface area contributed by atoms with Gasteiger partial charge in [0.2, 0.25) is 0 Å². The second-order valence-electron chi connectivity index (χ2n) is 5.52. The van der Waals surface area contributed by atoms with Crippen molar-refractivity contribution in [1.29, 1.82) is 0 Å². The van der Waals surface area contributed by atoms with Crippen molar-refractivity contribution in [3.63, 3.8) is 0 Å². The average molecular weight is 280 g/mol. The van der Waals surface area contributed by atoms with Crippen LogP contribution < -0.4 is 9.64 Å². The summed E-state index contributed by atoms with van der Waals surface area (Å²) in [6.45, 7) is 7.85. The molecule has 0 aliphatic rings. The smallest absolute Gasteiger partial charge is 0.326 e. The Kier molecular flexibility index (Phi) is 5.36. The maximum Gasteiger partial charge on any atom is 0.326 e. The molecule has 0 radical (unpaired) electrons. The van der Waals surface area contributed by atoms with Gasteiger partial charge in [0, 0.05) is 24.4 Å². The Balaban J connectivity index is 3.18. The largest absolute Gasteiger partial charge is 0.496 e. The molecule has 5 nitrogen and oxygen atoms in total. The van der Waals surface area contributed by atoms with Crippen LogP contribution in [0.4, 0.5) is 5.82 Å². The number of aromatic nitrogens is 1. The molecule has 0 saturated carbocycles. The summed E-state index contributed by atoms with van der Waals surface area (Å²) >= 11 is 0. The quantitative estimate of drug-likeness (QED) is 0.868. The lowest BCUT2D eigenvalue weighted by Crippen LogP contribution is -2.40. The lowest BCUT2D eigenvalue weighted by atomic mass is 10.0. The number of carboxylic acid groups (broad SMARTS) is 1. The van der Waals surface area contributed by atoms with Crippen molar-refractivity contribution in [3.8, 4) is 5.75 Å². The molecule has 1 aromatic heterocycles. The summed E-state index contributed by atoms with van der Waals surface area (Å²) in [5.41, 5.74) is 1.81. The number of hydrogen-bond donors (Lipinski definition) is 1. The van der Waals surface area contributed by atoms with Gasteiger partial charge in [0.25, 0.3) is 0 Å². The molecule has 112 valence electrons. The molecule has 1 atom stereocenters. The molecular formula is C15H24N2O3. The standard InChI is InChI=1S/C15H24N2O3/c1-9(2)7-12(15(18)19)17(5)14-11(4)13(20-6)10(3)8-16-14/h8-9,12H,7H2,1-6H3,(H,18,19)/t12-/m1/s1. The van der Waals surface area contributed by atoms with Crippen molar-refractivity contribution < 1.29 is 14.6 Å². The summed E-state index contributed by atoms with van der Waals surface area (Å²) in [5, 5.41) is 9.43. The molecule has 1 aromatic rings. The molecule has 1 rings (SSSR count). The molecule has 5 heteroatoms. The summed E-state index contributed by atoms with van der Waals surface area (Å²) in [6, 6.07) is -0.589. The highest BCUT2D eigenvalue weighted by molar-refractivity contribution is 5.78. The van der Waals surface area contributed by atoms with Crippen LogP contribution >= 0.6 is 0 Å². The molecule has 0 bridgehead atoms. The van der Waals surface area contributed by atoms with Gasteiger partial charge in [-0.1, -0.05) is 13.8 Å². The fourth-order valence-electron chi connectivity index (χ4n) is 2.40. The van der Waals surface area contributed by atoms with E-state index in [0.29, 0.717) is 18.2 Å². The van der Waals surface area contributed by atoms with E-state index >= 15 is 0 Å². The van der Waals surface area contributed by atoms with Crippen molar-refractivity contribution in [2.24, 2.45) is 5.92 Å². The average Bonchev–Trinajstić information content (AvgIpc) is 2.35. The number of anilines is 1. The predicted molar refractivity (Wildman–Crippen MR) is 79.5 cm³/mol. The summed E-state index contributed by atoms with van der Waals surface area (Å²) in [4.78, 5) is 17.6. The van der Waals surface area contributed by atoms with Gasteiger partial charge in [-0.25, -0.2) is 9.78 Å². The Labute approximate surface area is 120 Å². The zero-order valence-electron chi connectivity index (χ0n) is 13.1. The van der Waals surface area contributed by atoms with E-state index in [1.807, 2.05) is 27.7 Å². The van der Waals surface area contributed by atoms with Crippen molar-refractivity contribution in [1.82, 2.24) is 4.98 Å². The van der Waals surface area contributed by atoms with Gasteiger partial charge in [0.15, 0.2) is 0 Å². The molecule has 0 unspecified atom stereocenters. The number of hydrogen-bond acceptors (Lipinski definition) is 4. The Bertz CT molecular complexity index is 486. The number of nitrogens with zero attached hydrogens (tertiary/aromatic N) is 2. The molecule has 0 aliphatic heterocycles. The number of carboxylic acids is 1. The van der Waals surface area contributed by atoms with Gasteiger partial charge in [-0.15, -0.1) is 0 Å². The minimum atomic E-state index is -0.832. The predicted octanol–water partition coefficient (Wildman–Crippen LogP) is 2.64. The molecule has 0 amide bonds. The Hall–Kier alpha value is -1.78. The molecule has 0 spiro atoms. The number of likely N-dealkylation sites (N-methyl/N-ethyl adjacent to an activating group) is 1. The fourth-order valence-corrected chi connectivity index (χ4v) is 2.40. The molecule has 0 aromatic carbocycles. The van der Waals surface area contributed by atoms with E-state index in [4.69, 9.17) is 4.74 Å². The summed E-state index contributed by atoms with van der Waals surface area (Å²) < 4.78 is 5.37. The number of pyridine rings is 1. The van der Waals surface area contributed by atoms with Crippen molar-refractivity contribution in [2.45, 2.75) is 40.2 Å². The van der Waals surface area contributed by atoms with Crippen LogP contribution in [0.1, 0.15) is 31.4 Å². The molecule has 1 heterocycles. The SMILES string of the molecule is COc1c(C)cnc(N(C)[C@H](CC(C)C)C(=O)O)c1C. The molecule has 0 aliphatic carbocycles. The van der Waals surface area contributed by atoms with E-state index in [9.17, 15) is 9.90 Å². The van der Waals surface area contributed by atoms with Gasteiger partial charge in [0.05, 0.1) is 7.11 Å². The first-order valence-electron chi connectivity index (χ1n) is 6.75. The third-order valence-electron chi connectivity index (χ3n) is 3.40. The number of ether oxygens (including phenoxy) is 1. The lowest BCUT2D eigenvalue weighted by molar-refractivity contribution is -0.138. The minimum Gasteiger partial charge on any atom is -0.496 e. The van der Waals surface area contributed by atoms with Gasteiger partial charge in [-0.3, -0.25) is 0 Å². The number of rotatable bonds is 6. The van der Waals surface area contributed by atoms with E-state index in [1.54, 1.807) is 25.3 Å². The number of aryl methyl sites for hydroxylation is 1. The molecule has 20 heavy (non-hydrogen) atoms. The van der Waals surface area contributed by atoms with Crippen LogP contribution in [0, 0.1) is 19.8 Å². The maximum absolute atomic E-state index is 11.5. The van der Waals surface area contributed by atoms with E-state index in [2.05, 4.69) is 4.98 Å². The van der Waals surface area contributed by atoms with Gasteiger partial charge < -0.3 is 14.7 Å². The molecule has 0 fully saturated rings. The molecule has 1 N–H and O–H groups in total. The van der Waals surface area contributed by atoms with Crippen LogP contribution in [0.15, 0.2) is 6.20 Å². The van der Waals surface area contributed by atoms with Crippen LogP contribution in [0.2, 0.25) is 0 Å².